The molecule has 2 aliphatic heterocycles. The standard InChI is InChI=1S/C19H21ClFN5O3/c1-24-8-12(29-2)9-26-17(18(24)27)13-10-25(6-5-16(13)23-26)19(28)22-11-3-4-15(21)14(20)7-11/h3-4,7,12H,5-6,8-10H2,1-2H3,(H,22,28). The third kappa shape index (κ3) is 3.67. The van der Waals surface area contributed by atoms with Crippen LogP contribution in [0.4, 0.5) is 14.9 Å². The molecule has 3 heterocycles. The lowest BCUT2D eigenvalue weighted by atomic mass is 10.0. The van der Waals surface area contributed by atoms with Crippen molar-refractivity contribution in [3.05, 3.63) is 46.0 Å². The third-order valence-electron chi connectivity index (χ3n) is 5.30. The monoisotopic (exact) mass is 421 g/mol. The number of fused-ring (bicyclic) bond motifs is 3. The van der Waals surface area contributed by atoms with Gasteiger partial charge >= 0.3 is 6.03 Å². The van der Waals surface area contributed by atoms with E-state index in [1.54, 1.807) is 28.6 Å². The van der Waals surface area contributed by atoms with Crippen molar-refractivity contribution >= 4 is 29.2 Å². The Balaban J connectivity index is 1.57. The molecule has 1 atom stereocenters. The molecule has 0 saturated heterocycles. The van der Waals surface area contributed by atoms with Crippen molar-refractivity contribution in [2.45, 2.75) is 25.6 Å². The van der Waals surface area contributed by atoms with Crippen molar-refractivity contribution in [1.29, 1.82) is 0 Å². The van der Waals surface area contributed by atoms with E-state index < -0.39 is 5.82 Å². The fraction of sp³-hybridized carbons (Fsp3) is 0.421. The number of hydrogen-bond acceptors (Lipinski definition) is 4. The summed E-state index contributed by atoms with van der Waals surface area (Å²) in [5, 5.41) is 7.27. The Labute approximate surface area is 172 Å². The van der Waals surface area contributed by atoms with Gasteiger partial charge in [0.05, 0.1) is 29.9 Å². The molecule has 1 aromatic carbocycles. The molecule has 0 bridgehead atoms. The first kappa shape index (κ1) is 19.7. The van der Waals surface area contributed by atoms with Crippen LogP contribution in [0.25, 0.3) is 0 Å². The molecule has 1 N–H and O–H groups in total. The summed E-state index contributed by atoms with van der Waals surface area (Å²) in [5.41, 5.74) is 2.49. The van der Waals surface area contributed by atoms with Gasteiger partial charge in [0.2, 0.25) is 0 Å². The van der Waals surface area contributed by atoms with Crippen LogP contribution in [0.5, 0.6) is 0 Å². The molecule has 1 unspecified atom stereocenters. The molecule has 0 saturated carbocycles. The van der Waals surface area contributed by atoms with Crippen LogP contribution in [0.1, 0.15) is 21.7 Å². The van der Waals surface area contributed by atoms with Crippen LogP contribution in [-0.4, -0.2) is 64.9 Å². The topological polar surface area (TPSA) is 79.7 Å². The molecule has 0 spiro atoms. The Hall–Kier alpha value is -2.65. The van der Waals surface area contributed by atoms with Crippen molar-refractivity contribution in [2.75, 3.05) is 32.6 Å². The molecular formula is C19H21ClFN5O3. The Morgan fingerprint density at radius 2 is 2.17 bits per heavy atom. The van der Waals surface area contributed by atoms with Gasteiger partial charge in [-0.15, -0.1) is 0 Å². The summed E-state index contributed by atoms with van der Waals surface area (Å²) in [4.78, 5) is 28.8. The van der Waals surface area contributed by atoms with Crippen molar-refractivity contribution in [2.24, 2.45) is 0 Å². The fourth-order valence-electron chi connectivity index (χ4n) is 3.72. The van der Waals surface area contributed by atoms with E-state index in [0.29, 0.717) is 37.4 Å². The number of hydrogen-bond donors (Lipinski definition) is 1. The molecule has 8 nitrogen and oxygen atoms in total. The quantitative estimate of drug-likeness (QED) is 0.807. The van der Waals surface area contributed by atoms with Crippen LogP contribution in [0, 0.1) is 5.82 Å². The van der Waals surface area contributed by atoms with Gasteiger partial charge in [-0.25, -0.2) is 9.18 Å². The van der Waals surface area contributed by atoms with Gasteiger partial charge < -0.3 is 19.9 Å². The average Bonchev–Trinajstić information content (AvgIpc) is 3.00. The third-order valence-corrected chi connectivity index (χ3v) is 5.59. The number of nitrogens with zero attached hydrogens (tertiary/aromatic N) is 4. The van der Waals surface area contributed by atoms with Crippen molar-refractivity contribution in [1.82, 2.24) is 19.6 Å². The molecule has 4 rings (SSSR count). The maximum absolute atomic E-state index is 13.3. The van der Waals surface area contributed by atoms with E-state index in [1.165, 1.54) is 18.2 Å². The zero-order valence-electron chi connectivity index (χ0n) is 16.1. The number of benzene rings is 1. The molecule has 29 heavy (non-hydrogen) atoms. The van der Waals surface area contributed by atoms with Gasteiger partial charge in [-0.1, -0.05) is 11.6 Å². The molecule has 10 heteroatoms. The summed E-state index contributed by atoms with van der Waals surface area (Å²) in [5.74, 6) is -0.683. The Morgan fingerprint density at radius 1 is 1.38 bits per heavy atom. The minimum atomic E-state index is -0.549. The van der Waals surface area contributed by atoms with Crippen LogP contribution in [0.2, 0.25) is 5.02 Å². The lowest BCUT2D eigenvalue weighted by molar-refractivity contribution is 0.0538. The minimum absolute atomic E-state index is 0.0629. The number of aromatic nitrogens is 2. The number of halogens is 2. The molecule has 0 aliphatic carbocycles. The van der Waals surface area contributed by atoms with Crippen LogP contribution in [0.3, 0.4) is 0 Å². The zero-order chi connectivity index (χ0) is 20.7. The van der Waals surface area contributed by atoms with E-state index in [4.69, 9.17) is 16.3 Å². The number of carbonyl (C=O) groups excluding carboxylic acids is 2. The Kier molecular flexibility index (Phi) is 5.18. The lowest BCUT2D eigenvalue weighted by Crippen LogP contribution is -2.40. The summed E-state index contributed by atoms with van der Waals surface area (Å²) in [7, 11) is 3.35. The molecule has 3 amide bonds. The summed E-state index contributed by atoms with van der Waals surface area (Å²) in [6, 6.07) is 3.66. The number of ether oxygens (including phenoxy) is 1. The van der Waals surface area contributed by atoms with Gasteiger partial charge in [0, 0.05) is 44.9 Å². The Bertz CT molecular complexity index is 979. The number of urea groups is 1. The van der Waals surface area contributed by atoms with Crippen LogP contribution >= 0.6 is 11.6 Å². The highest BCUT2D eigenvalue weighted by atomic mass is 35.5. The van der Waals surface area contributed by atoms with E-state index in [2.05, 4.69) is 10.4 Å². The van der Waals surface area contributed by atoms with Gasteiger partial charge in [-0.3, -0.25) is 9.48 Å². The first-order valence-corrected chi connectivity index (χ1v) is 9.63. The highest BCUT2D eigenvalue weighted by molar-refractivity contribution is 6.31. The normalized spacial score (nSPS) is 18.9. The van der Waals surface area contributed by atoms with E-state index >= 15 is 0 Å². The summed E-state index contributed by atoms with van der Waals surface area (Å²) in [6.45, 7) is 1.68. The smallest absolute Gasteiger partial charge is 0.322 e. The number of likely N-dealkylation sites (N-methyl/N-ethyl adjacent to an activating group) is 1. The molecule has 0 radical (unpaired) electrons. The number of methoxy groups -OCH3 is 1. The molecule has 1 aromatic heterocycles. The number of carbonyl (C=O) groups is 2. The second kappa shape index (κ2) is 7.64. The van der Waals surface area contributed by atoms with Crippen molar-refractivity contribution < 1.29 is 18.7 Å². The van der Waals surface area contributed by atoms with Gasteiger partial charge in [-0.05, 0) is 18.2 Å². The van der Waals surface area contributed by atoms with Crippen LogP contribution in [-0.2, 0) is 24.2 Å². The highest BCUT2D eigenvalue weighted by Gasteiger charge is 2.34. The van der Waals surface area contributed by atoms with Gasteiger partial charge in [-0.2, -0.15) is 5.10 Å². The number of rotatable bonds is 2. The summed E-state index contributed by atoms with van der Waals surface area (Å²) >= 11 is 5.78. The SMILES string of the molecule is COC1CN(C)C(=O)c2c3c(nn2C1)CCN(C(=O)Nc1ccc(F)c(Cl)c1)C3. The first-order chi connectivity index (χ1) is 13.9. The zero-order valence-corrected chi connectivity index (χ0v) is 16.9. The fourth-order valence-corrected chi connectivity index (χ4v) is 3.90. The molecule has 0 fully saturated rings. The molecule has 154 valence electrons. The van der Waals surface area contributed by atoms with Gasteiger partial charge in [0.1, 0.15) is 11.5 Å². The van der Waals surface area contributed by atoms with Crippen molar-refractivity contribution in [3.63, 3.8) is 0 Å². The number of amides is 3. The van der Waals surface area contributed by atoms with E-state index in [0.717, 1.165) is 11.3 Å². The minimum Gasteiger partial charge on any atom is -0.378 e. The highest BCUT2D eigenvalue weighted by Crippen LogP contribution is 2.27. The largest absolute Gasteiger partial charge is 0.378 e. The Morgan fingerprint density at radius 3 is 2.90 bits per heavy atom. The molecule has 2 aromatic rings. The predicted molar refractivity (Wildman–Crippen MR) is 105 cm³/mol. The van der Waals surface area contributed by atoms with Gasteiger partial charge in [0.25, 0.3) is 5.91 Å². The second-order valence-electron chi connectivity index (χ2n) is 7.23. The predicted octanol–water partition coefficient (Wildman–Crippen LogP) is 2.37. The first-order valence-electron chi connectivity index (χ1n) is 9.25. The second-order valence-corrected chi connectivity index (χ2v) is 7.64. The van der Waals surface area contributed by atoms with Gasteiger partial charge in [0.15, 0.2) is 0 Å². The summed E-state index contributed by atoms with van der Waals surface area (Å²) in [6.07, 6.45) is 0.399. The van der Waals surface area contributed by atoms with Crippen LogP contribution < -0.4 is 5.32 Å². The molecular weight excluding hydrogens is 401 g/mol. The van der Waals surface area contributed by atoms with E-state index in [9.17, 15) is 14.0 Å². The van der Waals surface area contributed by atoms with Crippen LogP contribution in [0.15, 0.2) is 18.2 Å². The molecule has 2 aliphatic rings. The number of anilines is 1. The van der Waals surface area contributed by atoms with E-state index in [1.807, 2.05) is 0 Å². The number of nitrogens with one attached hydrogen (secondary N) is 1. The van der Waals surface area contributed by atoms with E-state index in [-0.39, 0.29) is 29.6 Å². The van der Waals surface area contributed by atoms with Crippen molar-refractivity contribution in [3.8, 4) is 0 Å². The lowest BCUT2D eigenvalue weighted by Gasteiger charge is -2.27. The summed E-state index contributed by atoms with van der Waals surface area (Å²) < 4.78 is 20.5. The maximum atomic E-state index is 13.3. The average molecular weight is 422 g/mol. The maximum Gasteiger partial charge on any atom is 0.322 e.